The van der Waals surface area contributed by atoms with Gasteiger partial charge in [-0.3, -0.25) is 0 Å². The van der Waals surface area contributed by atoms with E-state index < -0.39 is 0 Å². The van der Waals surface area contributed by atoms with Crippen molar-refractivity contribution in [3.05, 3.63) is 46.2 Å². The standard InChI is InChI=1S/C14H17NOS/c1-2-11-3-4-14(13(15)9-11)16-7-5-12-6-8-17-10-12/h3-4,6,8-10H,2,5,7,15H2,1H3. The van der Waals surface area contributed by atoms with Crippen LogP contribution in [-0.4, -0.2) is 6.61 Å². The van der Waals surface area contributed by atoms with Gasteiger partial charge < -0.3 is 10.5 Å². The van der Waals surface area contributed by atoms with Crippen LogP contribution in [-0.2, 0) is 12.8 Å². The summed E-state index contributed by atoms with van der Waals surface area (Å²) in [5.41, 5.74) is 9.23. The Morgan fingerprint density at radius 3 is 2.76 bits per heavy atom. The first kappa shape index (κ1) is 12.0. The fourth-order valence-electron chi connectivity index (χ4n) is 1.66. The maximum Gasteiger partial charge on any atom is 0.142 e. The predicted octanol–water partition coefficient (Wildman–Crippen LogP) is 3.51. The van der Waals surface area contributed by atoms with Gasteiger partial charge in [0.05, 0.1) is 12.3 Å². The van der Waals surface area contributed by atoms with Gasteiger partial charge in [0.25, 0.3) is 0 Å². The van der Waals surface area contributed by atoms with Gasteiger partial charge in [-0.2, -0.15) is 11.3 Å². The van der Waals surface area contributed by atoms with Crippen LogP contribution in [0.1, 0.15) is 18.1 Å². The lowest BCUT2D eigenvalue weighted by Crippen LogP contribution is -2.03. The predicted molar refractivity (Wildman–Crippen MR) is 73.8 cm³/mol. The van der Waals surface area contributed by atoms with Crippen LogP contribution < -0.4 is 10.5 Å². The third-order valence-electron chi connectivity index (χ3n) is 2.71. The molecule has 0 fully saturated rings. The number of aryl methyl sites for hydroxylation is 1. The van der Waals surface area contributed by atoms with Crippen molar-refractivity contribution in [2.45, 2.75) is 19.8 Å². The molecule has 0 aliphatic carbocycles. The Hall–Kier alpha value is -1.48. The van der Waals surface area contributed by atoms with E-state index in [0.29, 0.717) is 6.61 Å². The van der Waals surface area contributed by atoms with Crippen molar-refractivity contribution in [3.8, 4) is 5.75 Å². The van der Waals surface area contributed by atoms with Crippen molar-refractivity contribution in [2.24, 2.45) is 0 Å². The summed E-state index contributed by atoms with van der Waals surface area (Å²) in [7, 11) is 0. The molecule has 1 aromatic heterocycles. The smallest absolute Gasteiger partial charge is 0.142 e. The summed E-state index contributed by atoms with van der Waals surface area (Å²) in [6.07, 6.45) is 1.93. The number of rotatable bonds is 5. The van der Waals surface area contributed by atoms with Crippen molar-refractivity contribution < 1.29 is 4.74 Å². The summed E-state index contributed by atoms with van der Waals surface area (Å²) in [6, 6.07) is 8.13. The molecule has 0 radical (unpaired) electrons. The van der Waals surface area contributed by atoms with Gasteiger partial charge in [0.15, 0.2) is 0 Å². The first-order valence-corrected chi connectivity index (χ1v) is 6.76. The Morgan fingerprint density at radius 2 is 2.12 bits per heavy atom. The average Bonchev–Trinajstić information content (AvgIpc) is 2.84. The number of ether oxygens (including phenoxy) is 1. The fourth-order valence-corrected chi connectivity index (χ4v) is 2.37. The Morgan fingerprint density at radius 1 is 1.24 bits per heavy atom. The Kier molecular flexibility index (Phi) is 4.04. The van der Waals surface area contributed by atoms with Gasteiger partial charge in [-0.1, -0.05) is 13.0 Å². The third-order valence-corrected chi connectivity index (χ3v) is 3.44. The van der Waals surface area contributed by atoms with Crippen molar-refractivity contribution >= 4 is 17.0 Å². The van der Waals surface area contributed by atoms with Gasteiger partial charge >= 0.3 is 0 Å². The Labute approximate surface area is 106 Å². The van der Waals surface area contributed by atoms with Gasteiger partial charge in [-0.25, -0.2) is 0 Å². The fraction of sp³-hybridized carbons (Fsp3) is 0.286. The summed E-state index contributed by atoms with van der Waals surface area (Å²) in [5.74, 6) is 0.789. The zero-order valence-corrected chi connectivity index (χ0v) is 10.8. The highest BCUT2D eigenvalue weighted by Gasteiger charge is 2.01. The van der Waals surface area contributed by atoms with Gasteiger partial charge in [-0.05, 0) is 46.5 Å². The molecule has 17 heavy (non-hydrogen) atoms. The summed E-state index contributed by atoms with van der Waals surface area (Å²) in [6.45, 7) is 2.79. The number of anilines is 1. The van der Waals surface area contributed by atoms with Gasteiger partial charge in [0.2, 0.25) is 0 Å². The second-order valence-corrected chi connectivity index (χ2v) is 4.74. The van der Waals surface area contributed by atoms with Crippen LogP contribution >= 0.6 is 11.3 Å². The highest BCUT2D eigenvalue weighted by atomic mass is 32.1. The number of thiophene rings is 1. The summed E-state index contributed by atoms with van der Waals surface area (Å²) in [4.78, 5) is 0. The van der Waals surface area contributed by atoms with E-state index in [1.165, 1.54) is 11.1 Å². The number of benzene rings is 1. The molecule has 1 heterocycles. The zero-order chi connectivity index (χ0) is 12.1. The Bertz CT molecular complexity index is 465. The van der Waals surface area contributed by atoms with E-state index in [2.05, 4.69) is 29.8 Å². The lowest BCUT2D eigenvalue weighted by atomic mass is 10.1. The summed E-state index contributed by atoms with van der Waals surface area (Å²) >= 11 is 1.71. The minimum Gasteiger partial charge on any atom is -0.491 e. The number of hydrogen-bond acceptors (Lipinski definition) is 3. The molecular weight excluding hydrogens is 230 g/mol. The average molecular weight is 247 g/mol. The molecule has 2 aromatic rings. The molecular formula is C14H17NOS. The van der Waals surface area contributed by atoms with E-state index in [0.717, 1.165) is 24.3 Å². The van der Waals surface area contributed by atoms with Crippen LogP contribution in [0.2, 0.25) is 0 Å². The maximum absolute atomic E-state index is 5.93. The van der Waals surface area contributed by atoms with Gasteiger partial charge in [-0.15, -0.1) is 0 Å². The molecule has 0 saturated carbocycles. The summed E-state index contributed by atoms with van der Waals surface area (Å²) in [5, 5.41) is 4.23. The molecule has 0 amide bonds. The first-order valence-electron chi connectivity index (χ1n) is 5.82. The molecule has 0 aliphatic heterocycles. The monoisotopic (exact) mass is 247 g/mol. The number of nitrogen functional groups attached to an aromatic ring is 1. The van der Waals surface area contributed by atoms with E-state index in [4.69, 9.17) is 10.5 Å². The second-order valence-electron chi connectivity index (χ2n) is 3.96. The summed E-state index contributed by atoms with van der Waals surface area (Å²) < 4.78 is 5.69. The number of nitrogens with two attached hydrogens (primary N) is 1. The van der Waals surface area contributed by atoms with Crippen LogP contribution in [0.5, 0.6) is 5.75 Å². The Balaban J connectivity index is 1.90. The SMILES string of the molecule is CCc1ccc(OCCc2ccsc2)c(N)c1. The highest BCUT2D eigenvalue weighted by molar-refractivity contribution is 7.07. The van der Waals surface area contributed by atoms with Gasteiger partial charge in [0.1, 0.15) is 5.75 Å². The van der Waals surface area contributed by atoms with E-state index in [-0.39, 0.29) is 0 Å². The normalized spacial score (nSPS) is 10.4. The highest BCUT2D eigenvalue weighted by Crippen LogP contribution is 2.23. The molecule has 0 unspecified atom stereocenters. The molecule has 2 nitrogen and oxygen atoms in total. The van der Waals surface area contributed by atoms with Crippen LogP contribution in [0, 0.1) is 0 Å². The minimum atomic E-state index is 0.673. The molecule has 3 heteroatoms. The topological polar surface area (TPSA) is 35.2 Å². The largest absolute Gasteiger partial charge is 0.491 e. The molecule has 0 spiro atoms. The van der Waals surface area contributed by atoms with E-state index in [1.54, 1.807) is 11.3 Å². The molecule has 0 aliphatic rings. The first-order chi connectivity index (χ1) is 8.29. The van der Waals surface area contributed by atoms with E-state index >= 15 is 0 Å². The molecule has 2 rings (SSSR count). The van der Waals surface area contributed by atoms with E-state index in [9.17, 15) is 0 Å². The van der Waals surface area contributed by atoms with Crippen LogP contribution in [0.4, 0.5) is 5.69 Å². The minimum absolute atomic E-state index is 0.673. The van der Waals surface area contributed by atoms with Crippen LogP contribution in [0.15, 0.2) is 35.0 Å². The molecule has 0 atom stereocenters. The van der Waals surface area contributed by atoms with Crippen molar-refractivity contribution in [1.82, 2.24) is 0 Å². The van der Waals surface area contributed by atoms with Crippen LogP contribution in [0.25, 0.3) is 0 Å². The quantitative estimate of drug-likeness (QED) is 0.821. The molecule has 0 saturated heterocycles. The maximum atomic E-state index is 5.93. The number of hydrogen-bond donors (Lipinski definition) is 1. The van der Waals surface area contributed by atoms with Crippen molar-refractivity contribution in [3.63, 3.8) is 0 Å². The molecule has 90 valence electrons. The molecule has 2 N–H and O–H groups in total. The van der Waals surface area contributed by atoms with Crippen LogP contribution in [0.3, 0.4) is 0 Å². The second kappa shape index (κ2) is 5.73. The van der Waals surface area contributed by atoms with Crippen molar-refractivity contribution in [1.29, 1.82) is 0 Å². The zero-order valence-electron chi connectivity index (χ0n) is 9.98. The molecule has 0 bridgehead atoms. The molecule has 1 aromatic carbocycles. The third kappa shape index (κ3) is 3.24. The lowest BCUT2D eigenvalue weighted by Gasteiger charge is -2.09. The van der Waals surface area contributed by atoms with Gasteiger partial charge in [0, 0.05) is 6.42 Å². The lowest BCUT2D eigenvalue weighted by molar-refractivity contribution is 0.324. The van der Waals surface area contributed by atoms with Crippen molar-refractivity contribution in [2.75, 3.05) is 12.3 Å². The van der Waals surface area contributed by atoms with E-state index in [1.807, 2.05) is 12.1 Å².